The van der Waals surface area contributed by atoms with E-state index in [2.05, 4.69) is 24.4 Å². The van der Waals surface area contributed by atoms with Gasteiger partial charge in [0.15, 0.2) is 0 Å². The summed E-state index contributed by atoms with van der Waals surface area (Å²) < 4.78 is 5.81. The van der Waals surface area contributed by atoms with E-state index in [1.807, 2.05) is 12.1 Å². The van der Waals surface area contributed by atoms with Crippen LogP contribution in [-0.2, 0) is 9.53 Å². The molecule has 1 saturated carbocycles. The number of rotatable bonds is 4. The highest BCUT2D eigenvalue weighted by atomic mass is 16.5. The molecule has 3 unspecified atom stereocenters. The Morgan fingerprint density at radius 2 is 2.10 bits per heavy atom. The van der Waals surface area contributed by atoms with Crippen molar-refractivity contribution in [3.63, 3.8) is 0 Å². The molecule has 1 aromatic rings. The highest BCUT2D eigenvalue weighted by molar-refractivity contribution is 5.72. The Hall–Kier alpha value is -1.51. The van der Waals surface area contributed by atoms with E-state index in [0.717, 1.165) is 19.4 Å². The molecule has 0 bridgehead atoms. The molecule has 1 heterocycles. The van der Waals surface area contributed by atoms with Crippen LogP contribution in [0.4, 0.5) is 5.69 Å². The van der Waals surface area contributed by atoms with Crippen LogP contribution in [0.15, 0.2) is 24.3 Å². The first-order valence-electron chi connectivity index (χ1n) is 8.30. The molecule has 1 N–H and O–H groups in total. The minimum Gasteiger partial charge on any atom is -0.462 e. The molecule has 1 aliphatic carbocycles. The Labute approximate surface area is 127 Å². The fourth-order valence-electron chi connectivity index (χ4n) is 3.75. The van der Waals surface area contributed by atoms with Crippen LogP contribution < -0.4 is 5.32 Å². The molecule has 1 aromatic carbocycles. The van der Waals surface area contributed by atoms with Gasteiger partial charge >= 0.3 is 5.97 Å². The van der Waals surface area contributed by atoms with Crippen LogP contribution >= 0.6 is 0 Å². The van der Waals surface area contributed by atoms with Gasteiger partial charge in [-0.05, 0) is 43.2 Å². The summed E-state index contributed by atoms with van der Waals surface area (Å²) in [6.07, 6.45) is 6.50. The summed E-state index contributed by atoms with van der Waals surface area (Å²) in [6, 6.07) is 8.26. The van der Waals surface area contributed by atoms with Crippen molar-refractivity contribution in [3.05, 3.63) is 29.8 Å². The summed E-state index contributed by atoms with van der Waals surface area (Å²) in [5.74, 6) is 0.804. The predicted molar refractivity (Wildman–Crippen MR) is 84.4 cm³/mol. The van der Waals surface area contributed by atoms with E-state index >= 15 is 0 Å². The van der Waals surface area contributed by atoms with Crippen LogP contribution in [0.2, 0.25) is 0 Å². The van der Waals surface area contributed by atoms with Gasteiger partial charge in [-0.15, -0.1) is 0 Å². The summed E-state index contributed by atoms with van der Waals surface area (Å²) in [4.78, 5) is 12.3. The summed E-state index contributed by atoms with van der Waals surface area (Å²) in [5, 5.41) is 3.37. The maximum atomic E-state index is 12.3. The number of para-hydroxylation sites is 1. The molecule has 0 saturated heterocycles. The first kappa shape index (κ1) is 14.4. The SMILES string of the molecule is CCC1CCCCC1OC(=O)CC1CNc2ccccc21. The number of benzene rings is 1. The van der Waals surface area contributed by atoms with Gasteiger partial charge < -0.3 is 10.1 Å². The molecule has 0 radical (unpaired) electrons. The van der Waals surface area contributed by atoms with Crippen LogP contribution in [0, 0.1) is 5.92 Å². The number of ether oxygens (including phenoxy) is 1. The number of carbonyl (C=O) groups is 1. The monoisotopic (exact) mass is 287 g/mol. The number of hydrogen-bond donors (Lipinski definition) is 1. The normalized spacial score (nSPS) is 27.8. The maximum absolute atomic E-state index is 12.3. The highest BCUT2D eigenvalue weighted by Crippen LogP contribution is 2.34. The number of nitrogens with one attached hydrogen (secondary N) is 1. The Balaban J connectivity index is 1.57. The molecule has 114 valence electrons. The molecule has 0 amide bonds. The zero-order valence-corrected chi connectivity index (χ0v) is 12.8. The number of fused-ring (bicyclic) bond motifs is 1. The van der Waals surface area contributed by atoms with Gasteiger partial charge in [0, 0.05) is 18.2 Å². The smallest absolute Gasteiger partial charge is 0.306 e. The molecular weight excluding hydrogens is 262 g/mol. The second-order valence-corrected chi connectivity index (χ2v) is 6.35. The zero-order chi connectivity index (χ0) is 14.7. The van der Waals surface area contributed by atoms with Gasteiger partial charge in [-0.25, -0.2) is 0 Å². The average molecular weight is 287 g/mol. The summed E-state index contributed by atoms with van der Waals surface area (Å²) in [5.41, 5.74) is 2.42. The summed E-state index contributed by atoms with van der Waals surface area (Å²) >= 11 is 0. The third-order valence-corrected chi connectivity index (χ3v) is 5.00. The lowest BCUT2D eigenvalue weighted by atomic mass is 9.84. The van der Waals surface area contributed by atoms with Gasteiger partial charge in [-0.3, -0.25) is 4.79 Å². The van der Waals surface area contributed by atoms with Crippen LogP contribution in [-0.4, -0.2) is 18.6 Å². The van der Waals surface area contributed by atoms with Crippen molar-refractivity contribution in [2.75, 3.05) is 11.9 Å². The largest absolute Gasteiger partial charge is 0.462 e. The van der Waals surface area contributed by atoms with Gasteiger partial charge in [0.1, 0.15) is 6.10 Å². The topological polar surface area (TPSA) is 38.3 Å². The van der Waals surface area contributed by atoms with Crippen molar-refractivity contribution in [3.8, 4) is 0 Å². The van der Waals surface area contributed by atoms with Crippen molar-refractivity contribution >= 4 is 11.7 Å². The molecule has 2 aliphatic rings. The van der Waals surface area contributed by atoms with Gasteiger partial charge in [-0.1, -0.05) is 31.5 Å². The standard InChI is InChI=1S/C18H25NO2/c1-2-13-7-3-6-10-17(13)21-18(20)11-14-12-19-16-9-5-4-8-15(14)16/h4-5,8-9,13-14,17,19H,2-3,6-7,10-12H2,1H3. The second-order valence-electron chi connectivity index (χ2n) is 6.35. The Kier molecular flexibility index (Phi) is 4.47. The predicted octanol–water partition coefficient (Wildman–Crippen LogP) is 4.10. The maximum Gasteiger partial charge on any atom is 0.306 e. The third-order valence-electron chi connectivity index (χ3n) is 5.00. The van der Waals surface area contributed by atoms with E-state index < -0.39 is 0 Å². The van der Waals surface area contributed by atoms with E-state index in [1.54, 1.807) is 0 Å². The quantitative estimate of drug-likeness (QED) is 0.847. The van der Waals surface area contributed by atoms with Crippen molar-refractivity contribution < 1.29 is 9.53 Å². The van der Waals surface area contributed by atoms with Crippen molar-refractivity contribution in [1.82, 2.24) is 0 Å². The molecule has 3 nitrogen and oxygen atoms in total. The summed E-state index contributed by atoms with van der Waals surface area (Å²) in [7, 11) is 0. The van der Waals surface area contributed by atoms with E-state index in [0.29, 0.717) is 12.3 Å². The van der Waals surface area contributed by atoms with E-state index in [-0.39, 0.29) is 18.0 Å². The minimum atomic E-state index is -0.0242. The van der Waals surface area contributed by atoms with E-state index in [1.165, 1.54) is 30.5 Å². The third kappa shape index (κ3) is 3.22. The second kappa shape index (κ2) is 6.50. The van der Waals surface area contributed by atoms with E-state index in [9.17, 15) is 4.79 Å². The van der Waals surface area contributed by atoms with Gasteiger partial charge in [0.05, 0.1) is 6.42 Å². The number of hydrogen-bond acceptors (Lipinski definition) is 3. The number of esters is 1. The molecule has 3 heteroatoms. The summed E-state index contributed by atoms with van der Waals surface area (Å²) in [6.45, 7) is 3.05. The molecule has 0 spiro atoms. The van der Waals surface area contributed by atoms with Crippen molar-refractivity contribution in [2.24, 2.45) is 5.92 Å². The molecule has 1 fully saturated rings. The molecule has 3 atom stereocenters. The van der Waals surface area contributed by atoms with Gasteiger partial charge in [0.25, 0.3) is 0 Å². The van der Waals surface area contributed by atoms with Crippen LogP contribution in [0.3, 0.4) is 0 Å². The first-order valence-corrected chi connectivity index (χ1v) is 8.30. The number of carbonyl (C=O) groups excluding carboxylic acids is 1. The Bertz CT molecular complexity index is 500. The fourth-order valence-corrected chi connectivity index (χ4v) is 3.75. The fraction of sp³-hybridized carbons (Fsp3) is 0.611. The van der Waals surface area contributed by atoms with Crippen molar-refractivity contribution in [2.45, 2.75) is 57.5 Å². The zero-order valence-electron chi connectivity index (χ0n) is 12.8. The Morgan fingerprint density at radius 1 is 1.29 bits per heavy atom. The Morgan fingerprint density at radius 3 is 2.95 bits per heavy atom. The first-order chi connectivity index (χ1) is 10.3. The minimum absolute atomic E-state index is 0.0242. The van der Waals surface area contributed by atoms with Gasteiger partial charge in [0.2, 0.25) is 0 Å². The molecule has 21 heavy (non-hydrogen) atoms. The number of anilines is 1. The molecule has 3 rings (SSSR count). The average Bonchev–Trinajstić information content (AvgIpc) is 2.91. The van der Waals surface area contributed by atoms with Gasteiger partial charge in [-0.2, -0.15) is 0 Å². The van der Waals surface area contributed by atoms with Crippen LogP contribution in [0.1, 0.15) is 56.9 Å². The van der Waals surface area contributed by atoms with Crippen molar-refractivity contribution in [1.29, 1.82) is 0 Å². The van der Waals surface area contributed by atoms with E-state index in [4.69, 9.17) is 4.74 Å². The van der Waals surface area contributed by atoms with Crippen LogP contribution in [0.5, 0.6) is 0 Å². The lowest BCUT2D eigenvalue weighted by Crippen LogP contribution is -2.30. The highest BCUT2D eigenvalue weighted by Gasteiger charge is 2.29. The van der Waals surface area contributed by atoms with Crippen LogP contribution in [0.25, 0.3) is 0 Å². The lowest BCUT2D eigenvalue weighted by molar-refractivity contribution is -0.154. The lowest BCUT2D eigenvalue weighted by Gasteiger charge is -2.30. The molecule has 1 aliphatic heterocycles. The molecular formula is C18H25NO2. The molecule has 0 aromatic heterocycles.